The predicted molar refractivity (Wildman–Crippen MR) is 103 cm³/mol. The fraction of sp³-hybridized carbons (Fsp3) is 0. The highest BCUT2D eigenvalue weighted by atomic mass is 32.1. The van der Waals surface area contributed by atoms with Crippen molar-refractivity contribution in [2.75, 3.05) is 11.5 Å². The van der Waals surface area contributed by atoms with Gasteiger partial charge >= 0.3 is 0 Å². The maximum absolute atomic E-state index is 5.83. The van der Waals surface area contributed by atoms with E-state index < -0.39 is 0 Å². The summed E-state index contributed by atoms with van der Waals surface area (Å²) in [5, 5.41) is 1.61. The van der Waals surface area contributed by atoms with Gasteiger partial charge in [-0.1, -0.05) is 0 Å². The summed E-state index contributed by atoms with van der Waals surface area (Å²) in [6.45, 7) is 0. The summed E-state index contributed by atoms with van der Waals surface area (Å²) >= 11 is 3.13. The molecular weight excluding hydrogens is 336 g/mol. The number of nitrogens with zero attached hydrogens (tertiary/aromatic N) is 2. The van der Waals surface area contributed by atoms with Crippen LogP contribution in [-0.4, -0.2) is 9.97 Å². The van der Waals surface area contributed by atoms with E-state index in [1.807, 2.05) is 48.5 Å². The first-order valence-electron chi connectivity index (χ1n) is 7.33. The van der Waals surface area contributed by atoms with E-state index >= 15 is 0 Å². The maximum Gasteiger partial charge on any atom is 0.0892 e. The Morgan fingerprint density at radius 1 is 0.625 bits per heavy atom. The highest BCUT2D eigenvalue weighted by Crippen LogP contribution is 2.33. The van der Waals surface area contributed by atoms with Crippen LogP contribution in [0, 0.1) is 0 Å². The quantitative estimate of drug-likeness (QED) is 0.558. The van der Waals surface area contributed by atoms with E-state index in [1.165, 1.54) is 0 Å². The average molecular weight is 350 g/mol. The van der Waals surface area contributed by atoms with Gasteiger partial charge in [0, 0.05) is 22.1 Å². The van der Waals surface area contributed by atoms with Gasteiger partial charge in [0.1, 0.15) is 0 Å². The highest BCUT2D eigenvalue weighted by Gasteiger charge is 2.08. The molecule has 24 heavy (non-hydrogen) atoms. The van der Waals surface area contributed by atoms with Crippen LogP contribution in [-0.2, 0) is 0 Å². The number of nitrogen functional groups attached to an aromatic ring is 2. The summed E-state index contributed by atoms with van der Waals surface area (Å²) in [5.74, 6) is 0. The minimum atomic E-state index is 0.804. The Morgan fingerprint density at radius 2 is 1.08 bits per heavy atom. The summed E-state index contributed by atoms with van der Waals surface area (Å²) in [4.78, 5) is 11.2. The van der Waals surface area contributed by atoms with E-state index in [1.54, 1.807) is 35.1 Å². The average Bonchev–Trinajstić information content (AvgIpc) is 3.24. The van der Waals surface area contributed by atoms with Gasteiger partial charge in [-0.3, -0.25) is 9.97 Å². The summed E-state index contributed by atoms with van der Waals surface area (Å²) in [7, 11) is 0. The molecule has 4 rings (SSSR count). The molecule has 118 valence electrons. The molecule has 0 radical (unpaired) electrons. The van der Waals surface area contributed by atoms with E-state index in [0.29, 0.717) is 0 Å². The van der Waals surface area contributed by atoms with Gasteiger partial charge in [0.15, 0.2) is 0 Å². The third-order valence-corrected chi connectivity index (χ3v) is 5.53. The molecule has 0 aliphatic rings. The predicted octanol–water partition coefficient (Wildman–Crippen LogP) is 4.77. The van der Waals surface area contributed by atoms with Gasteiger partial charge in [-0.2, -0.15) is 0 Å². The maximum atomic E-state index is 5.83. The van der Waals surface area contributed by atoms with Crippen molar-refractivity contribution < 1.29 is 0 Å². The molecule has 0 aliphatic carbocycles. The van der Waals surface area contributed by atoms with Gasteiger partial charge < -0.3 is 11.5 Å². The van der Waals surface area contributed by atoms with Crippen molar-refractivity contribution in [2.24, 2.45) is 0 Å². The van der Waals surface area contributed by atoms with Crippen LogP contribution in [0.3, 0.4) is 0 Å². The number of pyridine rings is 2. The molecule has 4 nitrogen and oxygen atoms in total. The number of nitrogens with two attached hydrogens (primary N) is 2. The third-order valence-electron chi connectivity index (χ3n) is 3.60. The normalized spacial score (nSPS) is 10.8. The van der Waals surface area contributed by atoms with Crippen molar-refractivity contribution in [3.05, 3.63) is 60.9 Å². The number of rotatable bonds is 3. The fourth-order valence-electron chi connectivity index (χ4n) is 2.46. The van der Waals surface area contributed by atoms with Gasteiger partial charge in [0.2, 0.25) is 0 Å². The van der Waals surface area contributed by atoms with Crippen molar-refractivity contribution in [1.82, 2.24) is 9.97 Å². The second-order valence-corrected chi connectivity index (χ2v) is 7.49. The monoisotopic (exact) mass is 350 g/mol. The molecule has 4 aromatic heterocycles. The second kappa shape index (κ2) is 6.07. The summed E-state index contributed by atoms with van der Waals surface area (Å²) in [6.07, 6.45) is 3.61. The van der Waals surface area contributed by atoms with E-state index in [9.17, 15) is 0 Å². The van der Waals surface area contributed by atoms with Crippen molar-refractivity contribution >= 4 is 32.7 Å². The Morgan fingerprint density at radius 3 is 1.46 bits per heavy atom. The molecule has 0 fully saturated rings. The molecule has 0 spiro atoms. The lowest BCUT2D eigenvalue weighted by atomic mass is 10.1. The zero-order valence-corrected chi connectivity index (χ0v) is 14.3. The van der Waals surface area contributed by atoms with E-state index in [0.717, 1.165) is 42.3 Å². The molecule has 0 saturated heterocycles. The van der Waals surface area contributed by atoms with Crippen LogP contribution in [0.25, 0.3) is 32.3 Å². The molecule has 4 N–H and O–H groups in total. The lowest BCUT2D eigenvalue weighted by Crippen LogP contribution is -1.88. The zero-order valence-electron chi connectivity index (χ0n) is 12.6. The lowest BCUT2D eigenvalue weighted by Gasteiger charge is -2.05. The lowest BCUT2D eigenvalue weighted by molar-refractivity contribution is 1.25. The Hall–Kier alpha value is -2.70. The summed E-state index contributed by atoms with van der Waals surface area (Å²) in [5.41, 5.74) is 15.5. The molecular formula is C18H14N4S2. The first-order valence-corrected chi connectivity index (χ1v) is 8.96. The highest BCUT2D eigenvalue weighted by molar-refractivity contribution is 7.19. The smallest absolute Gasteiger partial charge is 0.0892 e. The molecule has 6 heteroatoms. The Balaban J connectivity index is 1.74. The van der Waals surface area contributed by atoms with E-state index in [4.69, 9.17) is 11.5 Å². The van der Waals surface area contributed by atoms with Crippen LogP contribution in [0.1, 0.15) is 0 Å². The van der Waals surface area contributed by atoms with Crippen molar-refractivity contribution in [2.45, 2.75) is 0 Å². The molecule has 0 bridgehead atoms. The molecule has 0 aliphatic heterocycles. The van der Waals surface area contributed by atoms with Crippen LogP contribution in [0.15, 0.2) is 60.9 Å². The van der Waals surface area contributed by atoms with Gasteiger partial charge in [0.25, 0.3) is 0 Å². The van der Waals surface area contributed by atoms with Crippen molar-refractivity contribution in [3.8, 4) is 32.3 Å². The van der Waals surface area contributed by atoms with Crippen LogP contribution < -0.4 is 11.5 Å². The number of aromatic nitrogens is 2. The van der Waals surface area contributed by atoms with Gasteiger partial charge in [-0.05, 0) is 59.7 Å². The van der Waals surface area contributed by atoms with Gasteiger partial charge in [-0.15, -0.1) is 22.7 Å². The Labute approximate surface area is 147 Å². The van der Waals surface area contributed by atoms with Crippen molar-refractivity contribution in [1.29, 1.82) is 0 Å². The van der Waals surface area contributed by atoms with Crippen LogP contribution in [0.5, 0.6) is 0 Å². The van der Waals surface area contributed by atoms with Crippen LogP contribution >= 0.6 is 22.7 Å². The number of hydrogen-bond donors (Lipinski definition) is 2. The van der Waals surface area contributed by atoms with Gasteiger partial charge in [0.05, 0.1) is 21.4 Å². The number of anilines is 2. The first kappa shape index (κ1) is 14.9. The molecule has 0 unspecified atom stereocenters. The molecule has 0 aromatic carbocycles. The molecule has 0 saturated carbocycles. The molecule has 4 aromatic rings. The van der Waals surface area contributed by atoms with Crippen LogP contribution in [0.2, 0.25) is 0 Å². The minimum Gasteiger partial charge on any atom is -0.391 e. The standard InChI is InChI=1S/C18H14N4S2/c19-17-3-1-15(23-17)11-5-7-21-13(9-11)14-10-12(6-8-22-14)16-2-4-18(20)24-16/h1-10H,19-20H2. The second-order valence-electron chi connectivity index (χ2n) is 5.26. The number of thiophene rings is 2. The van der Waals surface area contributed by atoms with Gasteiger partial charge in [-0.25, -0.2) is 0 Å². The largest absolute Gasteiger partial charge is 0.391 e. The zero-order chi connectivity index (χ0) is 16.5. The third kappa shape index (κ3) is 2.89. The minimum absolute atomic E-state index is 0.804. The molecule has 0 amide bonds. The van der Waals surface area contributed by atoms with Crippen LogP contribution in [0.4, 0.5) is 10.0 Å². The SMILES string of the molecule is Nc1ccc(-c2ccnc(-c3cc(-c4ccc(N)s4)ccn3)c2)s1. The molecule has 0 atom stereocenters. The van der Waals surface area contributed by atoms with E-state index in [-0.39, 0.29) is 0 Å². The van der Waals surface area contributed by atoms with E-state index in [2.05, 4.69) is 9.97 Å². The summed E-state index contributed by atoms with van der Waals surface area (Å²) < 4.78 is 0. The first-order chi connectivity index (χ1) is 11.7. The Bertz CT molecular complexity index is 922. The molecule has 4 heterocycles. The fourth-order valence-corrected chi connectivity index (χ4v) is 4.01. The number of hydrogen-bond acceptors (Lipinski definition) is 6. The Kier molecular flexibility index (Phi) is 3.76. The van der Waals surface area contributed by atoms with Crippen molar-refractivity contribution in [3.63, 3.8) is 0 Å². The summed E-state index contributed by atoms with van der Waals surface area (Å²) in [6, 6.07) is 15.9. The topological polar surface area (TPSA) is 77.8 Å².